The fraction of sp³-hybridized carbons (Fsp3) is 0.385. The zero-order valence-corrected chi connectivity index (χ0v) is 11.0. The summed E-state index contributed by atoms with van der Waals surface area (Å²) in [5, 5.41) is 11.8. The van der Waals surface area contributed by atoms with E-state index in [2.05, 4.69) is 5.32 Å². The zero-order valence-electron chi connectivity index (χ0n) is 10.2. The lowest BCUT2D eigenvalue weighted by Crippen LogP contribution is -2.29. The maximum atomic E-state index is 11.9. The van der Waals surface area contributed by atoms with Crippen LogP contribution in [0.3, 0.4) is 0 Å². The normalized spacial score (nSPS) is 11.7. The highest BCUT2D eigenvalue weighted by Gasteiger charge is 2.16. The Morgan fingerprint density at radius 2 is 2.33 bits per heavy atom. The SMILES string of the molecule is CCCC(CN)C(=O)Nc1ccc(C#N)c(Cl)c1. The van der Waals surface area contributed by atoms with Gasteiger partial charge in [-0.05, 0) is 24.6 Å². The molecule has 96 valence electrons. The molecule has 0 aliphatic carbocycles. The molecule has 4 nitrogen and oxygen atoms in total. The molecule has 0 spiro atoms. The van der Waals surface area contributed by atoms with E-state index in [4.69, 9.17) is 22.6 Å². The molecule has 0 saturated heterocycles. The van der Waals surface area contributed by atoms with Crippen LogP contribution in [-0.2, 0) is 4.79 Å². The first-order chi connectivity index (χ1) is 8.62. The summed E-state index contributed by atoms with van der Waals surface area (Å²) in [5.74, 6) is -0.301. The van der Waals surface area contributed by atoms with Crippen LogP contribution in [0.25, 0.3) is 0 Å². The predicted molar refractivity (Wildman–Crippen MR) is 72.2 cm³/mol. The number of nitrogens with zero attached hydrogens (tertiary/aromatic N) is 1. The number of halogens is 1. The van der Waals surface area contributed by atoms with E-state index in [1.807, 2.05) is 13.0 Å². The van der Waals surface area contributed by atoms with Crippen molar-refractivity contribution in [1.29, 1.82) is 5.26 Å². The summed E-state index contributed by atoms with van der Waals surface area (Å²) in [6.07, 6.45) is 1.66. The highest BCUT2D eigenvalue weighted by molar-refractivity contribution is 6.32. The van der Waals surface area contributed by atoms with Gasteiger partial charge in [0.2, 0.25) is 5.91 Å². The molecule has 1 atom stereocenters. The lowest BCUT2D eigenvalue weighted by atomic mass is 10.0. The Hall–Kier alpha value is -1.57. The van der Waals surface area contributed by atoms with Gasteiger partial charge >= 0.3 is 0 Å². The second kappa shape index (κ2) is 7.00. The Balaban J connectivity index is 2.76. The number of benzene rings is 1. The van der Waals surface area contributed by atoms with Crippen LogP contribution in [0.4, 0.5) is 5.69 Å². The summed E-state index contributed by atoms with van der Waals surface area (Å²) in [6, 6.07) is 6.77. The number of anilines is 1. The van der Waals surface area contributed by atoms with Crippen molar-refractivity contribution in [1.82, 2.24) is 0 Å². The van der Waals surface area contributed by atoms with Crippen LogP contribution in [0.1, 0.15) is 25.3 Å². The molecule has 1 amide bonds. The van der Waals surface area contributed by atoms with Gasteiger partial charge < -0.3 is 11.1 Å². The lowest BCUT2D eigenvalue weighted by molar-refractivity contribution is -0.119. The standard InChI is InChI=1S/C13H16ClN3O/c1-2-3-10(8-16)13(18)17-11-5-4-9(7-15)12(14)6-11/h4-6,10H,2-3,8,16H2,1H3,(H,17,18). The molecule has 1 unspecified atom stereocenters. The van der Waals surface area contributed by atoms with Crippen molar-refractivity contribution < 1.29 is 4.79 Å². The third-order valence-electron chi connectivity index (χ3n) is 2.65. The number of nitriles is 1. The molecule has 0 bridgehead atoms. The molecule has 0 aromatic heterocycles. The van der Waals surface area contributed by atoms with Gasteiger partial charge in [0.15, 0.2) is 0 Å². The second-order valence-electron chi connectivity index (χ2n) is 4.02. The van der Waals surface area contributed by atoms with E-state index in [0.29, 0.717) is 22.8 Å². The van der Waals surface area contributed by atoms with Crippen molar-refractivity contribution in [2.75, 3.05) is 11.9 Å². The van der Waals surface area contributed by atoms with Crippen LogP contribution in [0.5, 0.6) is 0 Å². The van der Waals surface area contributed by atoms with Gasteiger partial charge in [-0.15, -0.1) is 0 Å². The number of carbonyl (C=O) groups excluding carboxylic acids is 1. The van der Waals surface area contributed by atoms with Crippen LogP contribution >= 0.6 is 11.6 Å². The van der Waals surface area contributed by atoms with E-state index >= 15 is 0 Å². The molecule has 5 heteroatoms. The topological polar surface area (TPSA) is 78.9 Å². The van der Waals surface area contributed by atoms with E-state index in [-0.39, 0.29) is 11.8 Å². The van der Waals surface area contributed by atoms with Crippen molar-refractivity contribution in [3.8, 4) is 6.07 Å². The molecular formula is C13H16ClN3O. The maximum absolute atomic E-state index is 11.9. The summed E-state index contributed by atoms with van der Waals surface area (Å²) < 4.78 is 0. The van der Waals surface area contributed by atoms with Crippen LogP contribution in [0.2, 0.25) is 5.02 Å². The van der Waals surface area contributed by atoms with Gasteiger partial charge in [-0.25, -0.2) is 0 Å². The minimum atomic E-state index is -0.190. The van der Waals surface area contributed by atoms with Crippen molar-refractivity contribution in [2.45, 2.75) is 19.8 Å². The molecule has 1 rings (SSSR count). The van der Waals surface area contributed by atoms with Crippen molar-refractivity contribution in [3.63, 3.8) is 0 Å². The first-order valence-electron chi connectivity index (χ1n) is 5.83. The Morgan fingerprint density at radius 3 is 2.83 bits per heavy atom. The fourth-order valence-electron chi connectivity index (χ4n) is 1.63. The third kappa shape index (κ3) is 3.73. The smallest absolute Gasteiger partial charge is 0.228 e. The molecule has 1 aromatic carbocycles. The molecule has 18 heavy (non-hydrogen) atoms. The number of rotatable bonds is 5. The maximum Gasteiger partial charge on any atom is 0.228 e. The summed E-state index contributed by atoms with van der Waals surface area (Å²) in [7, 11) is 0. The Kier molecular flexibility index (Phi) is 5.63. The molecule has 0 aliphatic rings. The Bertz CT molecular complexity index is 468. The van der Waals surface area contributed by atoms with E-state index in [9.17, 15) is 4.79 Å². The van der Waals surface area contributed by atoms with Gasteiger partial charge in [0.1, 0.15) is 6.07 Å². The summed E-state index contributed by atoms with van der Waals surface area (Å²) in [6.45, 7) is 2.33. The molecule has 0 saturated carbocycles. The van der Waals surface area contributed by atoms with Gasteiger partial charge in [0.05, 0.1) is 16.5 Å². The van der Waals surface area contributed by atoms with E-state index in [1.54, 1.807) is 18.2 Å². The molecule has 0 heterocycles. The highest BCUT2D eigenvalue weighted by atomic mass is 35.5. The average molecular weight is 266 g/mol. The number of nitrogens with two attached hydrogens (primary N) is 1. The van der Waals surface area contributed by atoms with Crippen molar-refractivity contribution >= 4 is 23.2 Å². The number of hydrogen-bond acceptors (Lipinski definition) is 3. The zero-order chi connectivity index (χ0) is 13.5. The van der Waals surface area contributed by atoms with Gasteiger partial charge in [0, 0.05) is 12.2 Å². The fourth-order valence-corrected chi connectivity index (χ4v) is 1.86. The lowest BCUT2D eigenvalue weighted by Gasteiger charge is -2.14. The highest BCUT2D eigenvalue weighted by Crippen LogP contribution is 2.21. The van der Waals surface area contributed by atoms with Crippen LogP contribution < -0.4 is 11.1 Å². The Labute approximate surface area is 112 Å². The van der Waals surface area contributed by atoms with Gasteiger partial charge in [-0.2, -0.15) is 5.26 Å². The number of carbonyl (C=O) groups is 1. The molecule has 0 fully saturated rings. The molecule has 1 aromatic rings. The minimum absolute atomic E-state index is 0.111. The minimum Gasteiger partial charge on any atom is -0.330 e. The van der Waals surface area contributed by atoms with Crippen molar-refractivity contribution in [2.24, 2.45) is 11.7 Å². The average Bonchev–Trinajstić information content (AvgIpc) is 2.36. The summed E-state index contributed by atoms with van der Waals surface area (Å²) in [5.41, 5.74) is 6.53. The van der Waals surface area contributed by atoms with E-state index in [1.165, 1.54) is 0 Å². The van der Waals surface area contributed by atoms with Gasteiger partial charge in [-0.1, -0.05) is 24.9 Å². The third-order valence-corrected chi connectivity index (χ3v) is 2.96. The number of hydrogen-bond donors (Lipinski definition) is 2. The molecule has 0 radical (unpaired) electrons. The molecular weight excluding hydrogens is 250 g/mol. The van der Waals surface area contributed by atoms with E-state index < -0.39 is 0 Å². The Morgan fingerprint density at radius 1 is 1.61 bits per heavy atom. The predicted octanol–water partition coefficient (Wildman–Crippen LogP) is 2.53. The van der Waals surface area contributed by atoms with Gasteiger partial charge in [0.25, 0.3) is 0 Å². The second-order valence-corrected chi connectivity index (χ2v) is 4.42. The molecule has 0 aliphatic heterocycles. The molecule has 3 N–H and O–H groups in total. The van der Waals surface area contributed by atoms with Crippen LogP contribution in [-0.4, -0.2) is 12.5 Å². The first kappa shape index (κ1) is 14.5. The largest absolute Gasteiger partial charge is 0.330 e. The van der Waals surface area contributed by atoms with Crippen LogP contribution in [0.15, 0.2) is 18.2 Å². The monoisotopic (exact) mass is 265 g/mol. The van der Waals surface area contributed by atoms with Gasteiger partial charge in [-0.3, -0.25) is 4.79 Å². The number of amides is 1. The van der Waals surface area contributed by atoms with E-state index in [0.717, 1.165) is 12.8 Å². The van der Waals surface area contributed by atoms with Crippen LogP contribution in [0, 0.1) is 17.2 Å². The summed E-state index contributed by atoms with van der Waals surface area (Å²) in [4.78, 5) is 11.9. The summed E-state index contributed by atoms with van der Waals surface area (Å²) >= 11 is 5.89. The quantitative estimate of drug-likeness (QED) is 0.859. The number of nitrogens with one attached hydrogen (secondary N) is 1. The van der Waals surface area contributed by atoms with Crippen molar-refractivity contribution in [3.05, 3.63) is 28.8 Å². The first-order valence-corrected chi connectivity index (χ1v) is 6.20.